The number of methoxy groups -OCH3 is 2. The highest BCUT2D eigenvalue weighted by Crippen LogP contribution is 2.37. The number of fused-ring (bicyclic) bond motifs is 3. The van der Waals surface area contributed by atoms with E-state index in [1.807, 2.05) is 50.7 Å². The van der Waals surface area contributed by atoms with Crippen molar-refractivity contribution in [3.63, 3.8) is 0 Å². The summed E-state index contributed by atoms with van der Waals surface area (Å²) < 4.78 is 151. The number of hydrogen-bond acceptors (Lipinski definition) is 25. The Kier molecular flexibility index (Phi) is 37.7. The predicted molar refractivity (Wildman–Crippen MR) is 494 cm³/mol. The molecule has 9 heterocycles. The first-order valence-corrected chi connectivity index (χ1v) is 46.1. The number of ether oxygens (including phenoxy) is 10. The summed E-state index contributed by atoms with van der Waals surface area (Å²) in [6.07, 6.45) is 3.49. The monoisotopic (exact) mass is 1920 g/mol. The van der Waals surface area contributed by atoms with Gasteiger partial charge in [0.25, 0.3) is 16.7 Å². The van der Waals surface area contributed by atoms with Crippen LogP contribution in [0.5, 0.6) is 0 Å². The van der Waals surface area contributed by atoms with Crippen LogP contribution >= 0.6 is 0 Å². The standard InChI is InChI=1S/C32H41F3N6O8.C32H41F3N6O7.C30H38N6O4/c1-5-11-40-29(42)26-28(39(7-3)30(40)43)37-27(23-19-36-38(21-23)20-22-9-8-10-24(18-22)32(33,34)35)41(26)25(6-2)49-31(44)48-17-16-47-15-14-46-13-12-45-4;1-5-12-40-30(43)27-29(39(7-3)31(40)44)37-28(23-19-36-38(21-23)20-22-9-8-10-24(18-22)32(33,34)35)41(27)25(6-2)48-26(42)11-13-46-16-17-47-15-14-45-4;1-5-15-35-28(37)25-27(34(6-2)30(35)39)32-26(36(25)21(4)40-29(38)23-13-8-7-9-14-23)24-17-31-33(19-24)18-22-12-10-11-20(3)16-22/h8-10,18-19,21,25H,5-7,11-17,20H2,1-4H3;8-10,18-19,21,25H,5-7,11-17,20H2,1-4H3;10-12,16-17,19,21,23H,5-9,13-15,18H2,1-4H3. The summed E-state index contributed by atoms with van der Waals surface area (Å²) in [6, 6.07) is 18.1. The van der Waals surface area contributed by atoms with E-state index in [1.165, 1.54) is 66.9 Å². The fourth-order valence-electron chi connectivity index (χ4n) is 16.1. The number of carbonyl (C=O) groups excluding carboxylic acids is 3. The third kappa shape index (κ3) is 26.0. The summed E-state index contributed by atoms with van der Waals surface area (Å²) in [5.74, 6) is -0.174. The van der Waals surface area contributed by atoms with Crippen LogP contribution in [-0.4, -0.2) is 190 Å². The van der Waals surface area contributed by atoms with E-state index in [9.17, 15) is 69.5 Å². The van der Waals surface area contributed by atoms with Crippen LogP contribution in [-0.2, 0) is 128 Å². The summed E-state index contributed by atoms with van der Waals surface area (Å²) >= 11 is 0. The van der Waals surface area contributed by atoms with E-state index in [4.69, 9.17) is 57.3 Å². The Morgan fingerprint density at radius 1 is 0.438 bits per heavy atom. The topological polar surface area (TPSA) is 382 Å². The minimum atomic E-state index is -4.50. The molecule has 1 fully saturated rings. The molecule has 0 amide bonds. The van der Waals surface area contributed by atoms with Crippen LogP contribution in [0.15, 0.2) is 139 Å². The van der Waals surface area contributed by atoms with E-state index < -0.39 is 82.3 Å². The molecule has 742 valence electrons. The quantitative estimate of drug-likeness (QED) is 0.0148. The van der Waals surface area contributed by atoms with E-state index in [2.05, 4.69) is 39.3 Å². The lowest BCUT2D eigenvalue weighted by Gasteiger charge is -2.24. The summed E-state index contributed by atoms with van der Waals surface area (Å²) in [5.41, 5.74) is 0.690. The first kappa shape index (κ1) is 105. The molecule has 1 aliphatic rings. The smallest absolute Gasteiger partial charge is 0.441 e. The number of rotatable bonds is 45. The number of aryl methyl sites for hydroxylation is 4. The van der Waals surface area contributed by atoms with Crippen LogP contribution in [0.3, 0.4) is 0 Å². The highest BCUT2D eigenvalue weighted by atomic mass is 19.4. The lowest BCUT2D eigenvalue weighted by molar-refractivity contribution is -0.158. The van der Waals surface area contributed by atoms with Crippen molar-refractivity contribution in [3.8, 4) is 34.2 Å². The molecule has 3 aromatic carbocycles. The second-order valence-corrected chi connectivity index (χ2v) is 32.5. The third-order valence-electron chi connectivity index (χ3n) is 22.6. The van der Waals surface area contributed by atoms with Crippen molar-refractivity contribution in [3.05, 3.63) is 206 Å². The van der Waals surface area contributed by atoms with Crippen LogP contribution in [0.2, 0.25) is 0 Å². The van der Waals surface area contributed by atoms with Gasteiger partial charge in [0.15, 0.2) is 52.2 Å². The first-order chi connectivity index (χ1) is 65.9. The molecule has 3 atom stereocenters. The molecule has 43 heteroatoms. The zero-order valence-corrected chi connectivity index (χ0v) is 79.2. The number of benzene rings is 3. The van der Waals surface area contributed by atoms with E-state index >= 15 is 0 Å². The maximum atomic E-state index is 13.9. The minimum Gasteiger partial charge on any atom is -0.441 e. The van der Waals surface area contributed by atoms with Crippen LogP contribution in [0.25, 0.3) is 67.7 Å². The van der Waals surface area contributed by atoms with Crippen molar-refractivity contribution in [2.45, 2.75) is 230 Å². The Hall–Kier alpha value is -12.7. The number of nitrogens with zero attached hydrogens (tertiary/aromatic N) is 18. The molecular weight excluding hydrogens is 1800 g/mol. The fraction of sp³-hybridized carbons (Fsp3) is 0.521. The second-order valence-electron chi connectivity index (χ2n) is 32.5. The summed E-state index contributed by atoms with van der Waals surface area (Å²) in [6.45, 7) is 23.4. The van der Waals surface area contributed by atoms with Crippen LogP contribution in [0.4, 0.5) is 31.1 Å². The van der Waals surface area contributed by atoms with Crippen molar-refractivity contribution in [1.29, 1.82) is 0 Å². The summed E-state index contributed by atoms with van der Waals surface area (Å²) in [5, 5.41) is 13.2. The van der Waals surface area contributed by atoms with Crippen molar-refractivity contribution >= 4 is 51.6 Å². The van der Waals surface area contributed by atoms with Crippen LogP contribution < -0.4 is 33.7 Å². The number of hydrogen-bond donors (Lipinski definition) is 0. The molecule has 12 aromatic rings. The number of imidazole rings is 3. The van der Waals surface area contributed by atoms with Gasteiger partial charge >= 0.3 is 47.5 Å². The zero-order valence-electron chi connectivity index (χ0n) is 79.2. The van der Waals surface area contributed by atoms with Crippen molar-refractivity contribution in [1.82, 2.24) is 85.4 Å². The molecule has 0 bridgehead atoms. The lowest BCUT2D eigenvalue weighted by atomic mass is 9.89. The average molecular weight is 1920 g/mol. The maximum absolute atomic E-state index is 13.9. The van der Waals surface area contributed by atoms with Gasteiger partial charge < -0.3 is 47.4 Å². The summed E-state index contributed by atoms with van der Waals surface area (Å²) in [7, 11) is 3.15. The molecule has 0 aliphatic heterocycles. The average Bonchev–Trinajstić information content (AvgIpc) is 1.59. The Morgan fingerprint density at radius 2 is 0.803 bits per heavy atom. The Balaban J connectivity index is 0.000000198. The second kappa shape index (κ2) is 49.4. The molecule has 1 saturated carbocycles. The Morgan fingerprint density at radius 3 is 1.18 bits per heavy atom. The number of alkyl halides is 6. The minimum absolute atomic E-state index is 0.00844. The summed E-state index contributed by atoms with van der Waals surface area (Å²) in [4.78, 5) is 135. The van der Waals surface area contributed by atoms with Crippen molar-refractivity contribution in [2.75, 3.05) is 86.9 Å². The molecule has 9 aromatic heterocycles. The molecule has 1 aliphatic carbocycles. The molecule has 0 spiro atoms. The molecular formula is C94H120F6N18O19. The van der Waals surface area contributed by atoms with Gasteiger partial charge in [-0.3, -0.25) is 79.1 Å². The SMILES string of the molecule is CCCn1c(=O)c2c(nc(-c3cnn(Cc4cccc(C(F)(F)F)c4)c3)n2C(CC)OC(=O)CCOCCOCCOC)n(CC)c1=O.CCCn1c(=O)c2c(nc(-c3cnn(Cc4cccc(C(F)(F)F)c4)c3)n2C(CC)OC(=O)OCCOCCOCCOC)n(CC)c1=O.CCCn1c(=O)c2c(nc(-c3cnn(Cc4cccc(C)c4)c3)n2C(C)OC(=O)C2CCCCC2)n(CC)c1=O. The van der Waals surface area contributed by atoms with Crippen LogP contribution in [0, 0.1) is 12.8 Å². The normalized spacial score (nSPS) is 13.2. The molecule has 37 nitrogen and oxygen atoms in total. The number of carbonyl (C=O) groups is 3. The molecule has 0 saturated heterocycles. The van der Waals surface area contributed by atoms with Gasteiger partial charge in [0.2, 0.25) is 0 Å². The largest absolute Gasteiger partial charge is 0.510 e. The van der Waals surface area contributed by atoms with Gasteiger partial charge in [-0.25, -0.2) is 34.1 Å². The van der Waals surface area contributed by atoms with Gasteiger partial charge in [0, 0.05) is 84.9 Å². The van der Waals surface area contributed by atoms with Gasteiger partial charge in [-0.15, -0.1) is 0 Å². The highest BCUT2D eigenvalue weighted by Gasteiger charge is 2.36. The molecule has 3 unspecified atom stereocenters. The van der Waals surface area contributed by atoms with Gasteiger partial charge in [0.1, 0.15) is 24.1 Å². The van der Waals surface area contributed by atoms with Gasteiger partial charge in [-0.05, 0) is 108 Å². The first-order valence-electron chi connectivity index (χ1n) is 46.1. The molecule has 0 N–H and O–H groups in total. The van der Waals surface area contributed by atoms with Crippen LogP contribution in [0.1, 0.15) is 185 Å². The van der Waals surface area contributed by atoms with E-state index in [1.54, 1.807) is 84.1 Å². The van der Waals surface area contributed by atoms with Crippen molar-refractivity contribution < 1.29 is 88.1 Å². The lowest BCUT2D eigenvalue weighted by Crippen LogP contribution is -2.40. The number of halogens is 6. The maximum Gasteiger partial charge on any atom is 0.510 e. The molecule has 137 heavy (non-hydrogen) atoms. The predicted octanol–water partition coefficient (Wildman–Crippen LogP) is 13.4. The van der Waals surface area contributed by atoms with E-state index in [-0.39, 0.29) is 154 Å². The van der Waals surface area contributed by atoms with Gasteiger partial charge in [0.05, 0.1) is 144 Å². The van der Waals surface area contributed by atoms with E-state index in [0.717, 1.165) is 71.1 Å². The highest BCUT2D eigenvalue weighted by molar-refractivity contribution is 5.80. The van der Waals surface area contributed by atoms with Gasteiger partial charge in [-0.1, -0.05) is 108 Å². The fourth-order valence-corrected chi connectivity index (χ4v) is 16.1. The number of aromatic nitrogens is 18. The van der Waals surface area contributed by atoms with E-state index in [0.29, 0.717) is 112 Å². The zero-order chi connectivity index (χ0) is 98.8. The Labute approximate surface area is 784 Å². The third-order valence-corrected chi connectivity index (χ3v) is 22.6. The Bertz CT molecular complexity index is 6460. The molecule has 0 radical (unpaired) electrons. The molecule has 13 rings (SSSR count). The van der Waals surface area contributed by atoms with Gasteiger partial charge in [-0.2, -0.15) is 41.6 Å². The van der Waals surface area contributed by atoms with Crippen molar-refractivity contribution in [2.24, 2.45) is 5.92 Å². The number of esters is 2.